The molecule has 1 amide bonds. The average Bonchev–Trinajstić information content (AvgIpc) is 2.99. The van der Waals surface area contributed by atoms with E-state index >= 15 is 0 Å². The Kier molecular flexibility index (Phi) is 6.62. The maximum Gasteiger partial charge on any atom is 0.274 e. The number of para-hydroxylation sites is 1. The summed E-state index contributed by atoms with van der Waals surface area (Å²) in [6.07, 6.45) is 2.02. The van der Waals surface area contributed by atoms with Gasteiger partial charge in [0.15, 0.2) is 5.69 Å². The second-order valence-electron chi connectivity index (χ2n) is 6.72. The van der Waals surface area contributed by atoms with E-state index in [1.165, 1.54) is 0 Å². The van der Waals surface area contributed by atoms with Gasteiger partial charge in [0.1, 0.15) is 0 Å². The van der Waals surface area contributed by atoms with Gasteiger partial charge in [-0.05, 0) is 46.2 Å². The lowest BCUT2D eigenvalue weighted by Gasteiger charge is -2.29. The van der Waals surface area contributed by atoms with Crippen LogP contribution in [0.3, 0.4) is 0 Å². The molecule has 25 heavy (non-hydrogen) atoms. The lowest BCUT2D eigenvalue weighted by Crippen LogP contribution is -2.42. The van der Waals surface area contributed by atoms with Crippen LogP contribution >= 0.6 is 0 Å². The van der Waals surface area contributed by atoms with Crippen molar-refractivity contribution in [3.63, 3.8) is 0 Å². The highest BCUT2D eigenvalue weighted by Gasteiger charge is 2.25. The van der Waals surface area contributed by atoms with E-state index in [-0.39, 0.29) is 18.0 Å². The molecular formula is C20H29N3O2. The molecule has 0 aliphatic carbocycles. The number of rotatable bonds is 8. The molecule has 2 aromatic rings. The molecule has 1 heterocycles. The number of carbonyl (C=O) groups is 1. The second kappa shape index (κ2) is 8.70. The van der Waals surface area contributed by atoms with Crippen molar-refractivity contribution in [2.24, 2.45) is 0 Å². The van der Waals surface area contributed by atoms with Crippen LogP contribution in [0.4, 0.5) is 0 Å². The van der Waals surface area contributed by atoms with Gasteiger partial charge in [-0.3, -0.25) is 4.79 Å². The first-order valence-corrected chi connectivity index (χ1v) is 9.06. The van der Waals surface area contributed by atoms with E-state index < -0.39 is 0 Å². The van der Waals surface area contributed by atoms with Crippen LogP contribution in [0.2, 0.25) is 0 Å². The molecule has 0 saturated carbocycles. The van der Waals surface area contributed by atoms with Crippen molar-refractivity contribution in [1.29, 1.82) is 0 Å². The van der Waals surface area contributed by atoms with Gasteiger partial charge in [-0.25, -0.2) is 4.68 Å². The smallest absolute Gasteiger partial charge is 0.274 e. The predicted molar refractivity (Wildman–Crippen MR) is 100 cm³/mol. The zero-order valence-electron chi connectivity index (χ0n) is 15.9. The van der Waals surface area contributed by atoms with Crippen LogP contribution in [-0.2, 0) is 0 Å². The SMILES string of the molecule is CCCCOc1cc(C(=O)N(C(C)C)C(C)C)nn1-c1ccccc1. The molecule has 0 saturated heterocycles. The highest BCUT2D eigenvalue weighted by Crippen LogP contribution is 2.22. The standard InChI is InChI=1S/C20H29N3O2/c1-6-7-13-25-19-14-18(20(24)22(15(2)3)16(4)5)21-23(19)17-11-9-8-10-12-17/h8-12,14-16H,6-7,13H2,1-5H3. The Morgan fingerprint density at radius 2 is 1.80 bits per heavy atom. The minimum absolute atomic E-state index is 0.0694. The second-order valence-corrected chi connectivity index (χ2v) is 6.72. The van der Waals surface area contributed by atoms with Gasteiger partial charge in [0, 0.05) is 18.2 Å². The molecule has 0 spiro atoms. The van der Waals surface area contributed by atoms with E-state index in [2.05, 4.69) is 12.0 Å². The van der Waals surface area contributed by atoms with E-state index in [9.17, 15) is 4.79 Å². The number of hydrogen-bond acceptors (Lipinski definition) is 3. The van der Waals surface area contributed by atoms with Crippen LogP contribution in [0.15, 0.2) is 36.4 Å². The zero-order chi connectivity index (χ0) is 18.4. The quantitative estimate of drug-likeness (QED) is 0.671. The van der Waals surface area contributed by atoms with Crippen molar-refractivity contribution in [1.82, 2.24) is 14.7 Å². The third kappa shape index (κ3) is 4.62. The molecule has 0 bridgehead atoms. The molecule has 0 atom stereocenters. The Hall–Kier alpha value is -2.30. The van der Waals surface area contributed by atoms with Crippen molar-refractivity contribution in [3.05, 3.63) is 42.1 Å². The topological polar surface area (TPSA) is 47.4 Å². The largest absolute Gasteiger partial charge is 0.478 e. The van der Waals surface area contributed by atoms with E-state index in [0.717, 1.165) is 18.5 Å². The van der Waals surface area contributed by atoms with Crippen LogP contribution in [0.5, 0.6) is 5.88 Å². The van der Waals surface area contributed by atoms with E-state index in [1.807, 2.05) is 62.9 Å². The van der Waals surface area contributed by atoms with Crippen molar-refractivity contribution >= 4 is 5.91 Å². The summed E-state index contributed by atoms with van der Waals surface area (Å²) in [6.45, 7) is 10.8. The Bertz CT molecular complexity index is 670. The fourth-order valence-electron chi connectivity index (χ4n) is 2.84. The van der Waals surface area contributed by atoms with Gasteiger partial charge in [-0.2, -0.15) is 5.10 Å². The normalized spacial score (nSPS) is 11.2. The molecule has 0 fully saturated rings. The van der Waals surface area contributed by atoms with Gasteiger partial charge < -0.3 is 9.64 Å². The first-order chi connectivity index (χ1) is 12.0. The van der Waals surface area contributed by atoms with Crippen molar-refractivity contribution in [2.45, 2.75) is 59.5 Å². The predicted octanol–water partition coefficient (Wildman–Crippen LogP) is 4.31. The number of ether oxygens (including phenoxy) is 1. The number of carbonyl (C=O) groups excluding carboxylic acids is 1. The van der Waals surface area contributed by atoms with Crippen molar-refractivity contribution in [3.8, 4) is 11.6 Å². The van der Waals surface area contributed by atoms with Gasteiger partial charge in [0.25, 0.3) is 5.91 Å². The molecular weight excluding hydrogens is 314 g/mol. The van der Waals surface area contributed by atoms with Crippen LogP contribution in [-0.4, -0.2) is 39.3 Å². The summed E-state index contributed by atoms with van der Waals surface area (Å²) in [7, 11) is 0. The Balaban J connectivity index is 2.38. The van der Waals surface area contributed by atoms with Gasteiger partial charge in [0.05, 0.1) is 12.3 Å². The summed E-state index contributed by atoms with van der Waals surface area (Å²) >= 11 is 0. The number of amides is 1. The molecule has 0 aliphatic heterocycles. The highest BCUT2D eigenvalue weighted by atomic mass is 16.5. The number of aromatic nitrogens is 2. The number of nitrogens with zero attached hydrogens (tertiary/aromatic N) is 3. The number of unbranched alkanes of at least 4 members (excludes halogenated alkanes) is 1. The first-order valence-electron chi connectivity index (χ1n) is 9.06. The Morgan fingerprint density at radius 1 is 1.16 bits per heavy atom. The van der Waals surface area contributed by atoms with E-state index in [0.29, 0.717) is 18.2 Å². The number of hydrogen-bond donors (Lipinski definition) is 0. The summed E-state index contributed by atoms with van der Waals surface area (Å²) in [5, 5.41) is 4.55. The average molecular weight is 343 g/mol. The van der Waals surface area contributed by atoms with Gasteiger partial charge >= 0.3 is 0 Å². The molecule has 1 aromatic carbocycles. The van der Waals surface area contributed by atoms with Gasteiger partial charge in [-0.1, -0.05) is 31.5 Å². The highest BCUT2D eigenvalue weighted by molar-refractivity contribution is 5.93. The fraction of sp³-hybridized carbons (Fsp3) is 0.500. The lowest BCUT2D eigenvalue weighted by atomic mass is 10.2. The Labute approximate surface area is 150 Å². The van der Waals surface area contributed by atoms with Gasteiger partial charge in [-0.15, -0.1) is 0 Å². The van der Waals surface area contributed by atoms with Crippen LogP contribution in [0, 0.1) is 0 Å². The molecule has 136 valence electrons. The van der Waals surface area contributed by atoms with Crippen LogP contribution in [0.1, 0.15) is 57.9 Å². The molecule has 0 unspecified atom stereocenters. The summed E-state index contributed by atoms with van der Waals surface area (Å²) in [6, 6.07) is 11.7. The monoisotopic (exact) mass is 343 g/mol. The van der Waals surface area contributed by atoms with Crippen molar-refractivity contribution in [2.75, 3.05) is 6.61 Å². The van der Waals surface area contributed by atoms with E-state index in [4.69, 9.17) is 4.74 Å². The minimum atomic E-state index is -0.0694. The van der Waals surface area contributed by atoms with Gasteiger partial charge in [0.2, 0.25) is 5.88 Å². The molecule has 0 radical (unpaired) electrons. The summed E-state index contributed by atoms with van der Waals surface area (Å²) in [5.74, 6) is 0.537. The number of benzene rings is 1. The minimum Gasteiger partial charge on any atom is -0.478 e. The van der Waals surface area contributed by atoms with Crippen molar-refractivity contribution < 1.29 is 9.53 Å². The zero-order valence-corrected chi connectivity index (χ0v) is 15.9. The van der Waals surface area contributed by atoms with E-state index in [1.54, 1.807) is 10.7 Å². The van der Waals surface area contributed by atoms with Crippen LogP contribution < -0.4 is 4.74 Å². The molecule has 0 N–H and O–H groups in total. The van der Waals surface area contributed by atoms with Crippen LogP contribution in [0.25, 0.3) is 5.69 Å². The fourth-order valence-corrected chi connectivity index (χ4v) is 2.84. The summed E-state index contributed by atoms with van der Waals surface area (Å²) in [5.41, 5.74) is 1.30. The Morgan fingerprint density at radius 3 is 2.36 bits per heavy atom. The maximum atomic E-state index is 12.9. The molecule has 5 nitrogen and oxygen atoms in total. The maximum absolute atomic E-state index is 12.9. The molecule has 2 rings (SSSR count). The first kappa shape index (κ1) is 19.0. The molecule has 1 aromatic heterocycles. The third-order valence-corrected chi connectivity index (χ3v) is 3.99. The summed E-state index contributed by atoms with van der Waals surface area (Å²) < 4.78 is 7.60. The molecule has 0 aliphatic rings. The lowest BCUT2D eigenvalue weighted by molar-refractivity contribution is 0.0637. The molecule has 5 heteroatoms. The third-order valence-electron chi connectivity index (χ3n) is 3.99. The summed E-state index contributed by atoms with van der Waals surface area (Å²) in [4.78, 5) is 14.8.